The van der Waals surface area contributed by atoms with Crippen LogP contribution in [0.3, 0.4) is 0 Å². The molecule has 0 aromatic heterocycles. The zero-order valence-corrected chi connectivity index (χ0v) is 12.3. The minimum atomic E-state index is -0.199. The van der Waals surface area contributed by atoms with Gasteiger partial charge in [-0.25, -0.2) is 0 Å². The molecule has 0 amide bonds. The van der Waals surface area contributed by atoms with Gasteiger partial charge in [0.2, 0.25) is 0 Å². The van der Waals surface area contributed by atoms with Crippen molar-refractivity contribution in [1.29, 1.82) is 0 Å². The van der Waals surface area contributed by atoms with Crippen LogP contribution in [0, 0.1) is 5.41 Å². The zero-order chi connectivity index (χ0) is 13.2. The van der Waals surface area contributed by atoms with Gasteiger partial charge in [0.05, 0.1) is 12.2 Å². The van der Waals surface area contributed by atoms with Gasteiger partial charge in [0.15, 0.2) is 0 Å². The Hall–Kier alpha value is 0.200. The first kappa shape index (κ1) is 14.6. The van der Waals surface area contributed by atoms with Gasteiger partial charge in [0.1, 0.15) is 0 Å². The van der Waals surface area contributed by atoms with Crippen molar-refractivity contribution in [1.82, 2.24) is 4.90 Å². The van der Waals surface area contributed by atoms with Crippen LogP contribution in [0.4, 0.5) is 0 Å². The maximum atomic E-state index is 10.1. The highest BCUT2D eigenvalue weighted by Crippen LogP contribution is 2.50. The molecule has 2 fully saturated rings. The van der Waals surface area contributed by atoms with Gasteiger partial charge in [0, 0.05) is 35.6 Å². The van der Waals surface area contributed by atoms with Crippen LogP contribution in [0.1, 0.15) is 26.2 Å². The van der Waals surface area contributed by atoms with Crippen molar-refractivity contribution in [3.8, 4) is 0 Å². The van der Waals surface area contributed by atoms with Gasteiger partial charge >= 0.3 is 0 Å². The highest BCUT2D eigenvalue weighted by molar-refractivity contribution is 6.36. The number of hydrogen-bond acceptors (Lipinski definition) is 3. The summed E-state index contributed by atoms with van der Waals surface area (Å²) in [5.74, 6) is 0. The predicted octanol–water partition coefficient (Wildman–Crippen LogP) is 2.56. The van der Waals surface area contributed by atoms with E-state index in [1.807, 2.05) is 6.92 Å². The minimum absolute atomic E-state index is 0.0103. The normalized spacial score (nSPS) is 32.6. The summed E-state index contributed by atoms with van der Waals surface area (Å²) < 4.78 is 5.74. The van der Waals surface area contributed by atoms with Gasteiger partial charge < -0.3 is 9.84 Å². The molecule has 1 aliphatic heterocycles. The van der Waals surface area contributed by atoms with Crippen LogP contribution in [-0.2, 0) is 4.74 Å². The van der Waals surface area contributed by atoms with E-state index in [4.69, 9.17) is 27.9 Å². The smallest absolute Gasteiger partial charge is 0.0681 e. The number of ether oxygens (including phenoxy) is 1. The van der Waals surface area contributed by atoms with E-state index >= 15 is 0 Å². The van der Waals surface area contributed by atoms with Crippen LogP contribution in [0.25, 0.3) is 0 Å². The van der Waals surface area contributed by atoms with Gasteiger partial charge in [-0.2, -0.15) is 0 Å². The molecule has 0 aromatic rings. The van der Waals surface area contributed by atoms with Gasteiger partial charge in [-0.05, 0) is 32.9 Å². The van der Waals surface area contributed by atoms with Crippen LogP contribution in [0.5, 0.6) is 0 Å². The molecule has 1 saturated carbocycles. The summed E-state index contributed by atoms with van der Waals surface area (Å²) in [6.45, 7) is 5.34. The summed E-state index contributed by atoms with van der Waals surface area (Å²) in [7, 11) is 0. The van der Waals surface area contributed by atoms with Crippen molar-refractivity contribution >= 4 is 23.2 Å². The number of aliphatic hydroxyl groups excluding tert-OH is 1. The van der Waals surface area contributed by atoms with Crippen LogP contribution in [0.15, 0.2) is 10.6 Å². The van der Waals surface area contributed by atoms with Crippen molar-refractivity contribution < 1.29 is 9.84 Å². The van der Waals surface area contributed by atoms with E-state index in [0.717, 1.165) is 39.0 Å². The Bertz CT molecular complexity index is 312. The Morgan fingerprint density at radius 3 is 2.67 bits per heavy atom. The molecule has 1 N–H and O–H groups in total. The monoisotopic (exact) mass is 293 g/mol. The number of nitrogens with zero attached hydrogens (tertiary/aromatic N) is 1. The average Bonchev–Trinajstić information content (AvgIpc) is 2.39. The average molecular weight is 294 g/mol. The summed E-state index contributed by atoms with van der Waals surface area (Å²) in [6, 6.07) is 0. The highest BCUT2D eigenvalue weighted by Gasteiger charge is 2.55. The molecule has 0 radical (unpaired) electrons. The third kappa shape index (κ3) is 2.70. The molecule has 5 heteroatoms. The lowest BCUT2D eigenvalue weighted by molar-refractivity contribution is -0.209. The molecule has 2 atom stereocenters. The summed E-state index contributed by atoms with van der Waals surface area (Å²) >= 11 is 11.5. The van der Waals surface area contributed by atoms with E-state index in [0.29, 0.717) is 11.6 Å². The fourth-order valence-electron chi connectivity index (χ4n) is 3.19. The SMILES string of the molecule is CCOC1CC(O)C12CCN(CC(Cl)=CCl)CC2. The van der Waals surface area contributed by atoms with Crippen molar-refractivity contribution in [3.63, 3.8) is 0 Å². The molecule has 0 aromatic carbocycles. The lowest BCUT2D eigenvalue weighted by Gasteiger charge is -2.56. The van der Waals surface area contributed by atoms with Crippen LogP contribution in [-0.4, -0.2) is 48.5 Å². The topological polar surface area (TPSA) is 32.7 Å². The second-order valence-electron chi connectivity index (χ2n) is 5.26. The Labute approximate surface area is 119 Å². The summed E-state index contributed by atoms with van der Waals surface area (Å²) in [5.41, 5.74) is 1.41. The molecule has 2 aliphatic rings. The molecule has 2 unspecified atom stereocenters. The maximum absolute atomic E-state index is 10.1. The quantitative estimate of drug-likeness (QED) is 0.865. The van der Waals surface area contributed by atoms with E-state index in [1.165, 1.54) is 5.54 Å². The third-order valence-electron chi connectivity index (χ3n) is 4.39. The van der Waals surface area contributed by atoms with Crippen LogP contribution in [0.2, 0.25) is 0 Å². The molecule has 2 rings (SSSR count). The second-order valence-corrected chi connectivity index (χ2v) is 5.96. The fourth-order valence-corrected chi connectivity index (χ4v) is 3.43. The molecule has 1 heterocycles. The lowest BCUT2D eigenvalue weighted by Crippen LogP contribution is -2.62. The highest BCUT2D eigenvalue weighted by atomic mass is 35.5. The summed E-state index contributed by atoms with van der Waals surface area (Å²) in [5, 5.41) is 10.7. The van der Waals surface area contributed by atoms with E-state index in [1.54, 1.807) is 0 Å². The van der Waals surface area contributed by atoms with Gasteiger partial charge in [-0.1, -0.05) is 23.2 Å². The third-order valence-corrected chi connectivity index (χ3v) is 4.99. The van der Waals surface area contributed by atoms with Crippen LogP contribution < -0.4 is 0 Å². The van der Waals surface area contributed by atoms with Crippen LogP contribution >= 0.6 is 23.2 Å². The number of hydrogen-bond donors (Lipinski definition) is 1. The molecule has 3 nitrogen and oxygen atoms in total. The number of likely N-dealkylation sites (tertiary alicyclic amines) is 1. The first-order chi connectivity index (χ1) is 8.62. The number of halogens is 2. The number of rotatable bonds is 4. The molecule has 0 bridgehead atoms. The van der Waals surface area contributed by atoms with E-state index < -0.39 is 0 Å². The minimum Gasteiger partial charge on any atom is -0.392 e. The molecule has 1 spiro atoms. The van der Waals surface area contributed by atoms with E-state index in [9.17, 15) is 5.11 Å². The van der Waals surface area contributed by atoms with Gasteiger partial charge in [-0.3, -0.25) is 4.90 Å². The zero-order valence-electron chi connectivity index (χ0n) is 10.7. The molecule has 1 saturated heterocycles. The Kier molecular flexibility index (Phi) is 4.95. The molecular weight excluding hydrogens is 273 g/mol. The Morgan fingerprint density at radius 1 is 1.50 bits per heavy atom. The number of piperidine rings is 1. The Balaban J connectivity index is 1.88. The first-order valence-corrected chi connectivity index (χ1v) is 7.40. The van der Waals surface area contributed by atoms with E-state index in [-0.39, 0.29) is 17.6 Å². The fraction of sp³-hybridized carbons (Fsp3) is 0.846. The summed E-state index contributed by atoms with van der Waals surface area (Å²) in [4.78, 5) is 2.28. The van der Waals surface area contributed by atoms with E-state index in [2.05, 4.69) is 4.90 Å². The van der Waals surface area contributed by atoms with Gasteiger partial charge in [0.25, 0.3) is 0 Å². The largest absolute Gasteiger partial charge is 0.392 e. The van der Waals surface area contributed by atoms with Crippen molar-refractivity contribution in [2.75, 3.05) is 26.2 Å². The maximum Gasteiger partial charge on any atom is 0.0681 e. The van der Waals surface area contributed by atoms with Crippen molar-refractivity contribution in [2.24, 2.45) is 5.41 Å². The number of aliphatic hydroxyl groups is 1. The summed E-state index contributed by atoms with van der Waals surface area (Å²) in [6.07, 6.45) is 2.78. The predicted molar refractivity (Wildman–Crippen MR) is 73.9 cm³/mol. The molecule has 104 valence electrons. The second kappa shape index (κ2) is 6.10. The van der Waals surface area contributed by atoms with Crippen molar-refractivity contribution in [2.45, 2.75) is 38.4 Å². The molecular formula is C13H21Cl2NO2. The lowest BCUT2D eigenvalue weighted by atomic mass is 9.58. The standard InChI is InChI=1S/C13H21Cl2NO2/c1-2-18-12-7-11(17)13(12)3-5-16(6-4-13)9-10(15)8-14/h8,11-12,17H,2-7,9H2,1H3. The molecule has 1 aliphatic carbocycles. The van der Waals surface area contributed by atoms with Crippen molar-refractivity contribution in [3.05, 3.63) is 10.6 Å². The first-order valence-electron chi connectivity index (χ1n) is 6.59. The molecule has 18 heavy (non-hydrogen) atoms. The van der Waals surface area contributed by atoms with Gasteiger partial charge in [-0.15, -0.1) is 0 Å². The Morgan fingerprint density at radius 2 is 2.17 bits per heavy atom.